The Labute approximate surface area is 101 Å². The van der Waals surface area contributed by atoms with Crippen molar-refractivity contribution >= 4 is 15.9 Å². The maximum Gasteiger partial charge on any atom is 0.191 e. The molecule has 1 fully saturated rings. The van der Waals surface area contributed by atoms with Crippen LogP contribution in [0, 0.1) is 11.6 Å². The molecule has 5 heteroatoms. The zero-order valence-electron chi connectivity index (χ0n) is 8.51. The van der Waals surface area contributed by atoms with Crippen molar-refractivity contribution in [3.63, 3.8) is 0 Å². The molecular weight excluding hydrogens is 282 g/mol. The SMILES string of the molecule is Fc1cc(CBr)cc(F)c1OC1CCOC1. The Bertz CT molecular complexity index is 355. The lowest BCUT2D eigenvalue weighted by molar-refractivity contribution is 0.134. The third kappa shape index (κ3) is 2.52. The molecule has 1 atom stereocenters. The summed E-state index contributed by atoms with van der Waals surface area (Å²) in [5.41, 5.74) is 0.546. The average molecular weight is 293 g/mol. The lowest BCUT2D eigenvalue weighted by Crippen LogP contribution is -2.17. The molecular formula is C11H11BrF2O2. The summed E-state index contributed by atoms with van der Waals surface area (Å²) in [6.07, 6.45) is 0.415. The van der Waals surface area contributed by atoms with Gasteiger partial charge in [0.2, 0.25) is 0 Å². The monoisotopic (exact) mass is 292 g/mol. The molecule has 1 unspecified atom stereocenters. The minimum atomic E-state index is -0.665. The van der Waals surface area contributed by atoms with Crippen molar-refractivity contribution in [2.24, 2.45) is 0 Å². The molecule has 0 spiro atoms. The van der Waals surface area contributed by atoms with Gasteiger partial charge in [-0.2, -0.15) is 0 Å². The lowest BCUT2D eigenvalue weighted by Gasteiger charge is -2.13. The van der Waals surface area contributed by atoms with Gasteiger partial charge in [0.25, 0.3) is 0 Å². The first kappa shape index (κ1) is 11.8. The molecule has 0 saturated carbocycles. The molecule has 2 rings (SSSR count). The Kier molecular flexibility index (Phi) is 3.76. The molecule has 16 heavy (non-hydrogen) atoms. The summed E-state index contributed by atoms with van der Waals surface area (Å²) in [5.74, 6) is -1.64. The Morgan fingerprint density at radius 1 is 1.38 bits per heavy atom. The van der Waals surface area contributed by atoms with Gasteiger partial charge in [0, 0.05) is 11.8 Å². The summed E-state index contributed by atoms with van der Waals surface area (Å²) in [6, 6.07) is 2.53. The molecule has 0 N–H and O–H groups in total. The number of alkyl halides is 1. The Balaban J connectivity index is 2.19. The van der Waals surface area contributed by atoms with Crippen LogP contribution in [0.25, 0.3) is 0 Å². The highest BCUT2D eigenvalue weighted by Gasteiger charge is 2.21. The molecule has 1 saturated heterocycles. The molecule has 2 nitrogen and oxygen atoms in total. The number of benzene rings is 1. The maximum absolute atomic E-state index is 13.5. The summed E-state index contributed by atoms with van der Waals surface area (Å²) in [6.45, 7) is 0.965. The zero-order valence-corrected chi connectivity index (χ0v) is 10.1. The number of hydrogen-bond acceptors (Lipinski definition) is 2. The maximum atomic E-state index is 13.5. The summed E-state index contributed by atoms with van der Waals surface area (Å²) >= 11 is 3.14. The molecule has 0 radical (unpaired) electrons. The first-order chi connectivity index (χ1) is 7.70. The fourth-order valence-corrected chi connectivity index (χ4v) is 1.90. The van der Waals surface area contributed by atoms with Gasteiger partial charge in [-0.25, -0.2) is 8.78 Å². The second-order valence-electron chi connectivity index (χ2n) is 3.63. The van der Waals surface area contributed by atoms with Gasteiger partial charge in [0.05, 0.1) is 13.2 Å². The highest BCUT2D eigenvalue weighted by molar-refractivity contribution is 9.08. The number of halogens is 3. The quantitative estimate of drug-likeness (QED) is 0.798. The molecule has 1 aliphatic rings. The van der Waals surface area contributed by atoms with Gasteiger partial charge >= 0.3 is 0 Å². The van der Waals surface area contributed by atoms with Crippen LogP contribution in [0.1, 0.15) is 12.0 Å². The van der Waals surface area contributed by atoms with E-state index >= 15 is 0 Å². The molecule has 1 aromatic rings. The van der Waals surface area contributed by atoms with Gasteiger partial charge in [0.1, 0.15) is 6.10 Å². The highest BCUT2D eigenvalue weighted by atomic mass is 79.9. The second-order valence-corrected chi connectivity index (χ2v) is 4.19. The largest absolute Gasteiger partial charge is 0.482 e. The Hall–Kier alpha value is -0.680. The first-order valence-corrected chi connectivity index (χ1v) is 6.11. The van der Waals surface area contributed by atoms with Gasteiger partial charge in [-0.15, -0.1) is 0 Å². The van der Waals surface area contributed by atoms with E-state index in [-0.39, 0.29) is 11.9 Å². The van der Waals surface area contributed by atoms with E-state index in [0.29, 0.717) is 30.5 Å². The predicted octanol–water partition coefficient (Wildman–Crippen LogP) is 3.03. The van der Waals surface area contributed by atoms with Crippen LogP contribution >= 0.6 is 15.9 Å². The van der Waals surface area contributed by atoms with Crippen molar-refractivity contribution < 1.29 is 18.3 Å². The number of hydrogen-bond donors (Lipinski definition) is 0. The first-order valence-electron chi connectivity index (χ1n) is 4.99. The van der Waals surface area contributed by atoms with Crippen LogP contribution < -0.4 is 4.74 Å². The van der Waals surface area contributed by atoms with Crippen molar-refractivity contribution in [3.8, 4) is 5.75 Å². The van der Waals surface area contributed by atoms with Gasteiger partial charge in [0.15, 0.2) is 17.4 Å². The van der Waals surface area contributed by atoms with Crippen molar-refractivity contribution in [1.29, 1.82) is 0 Å². The van der Waals surface area contributed by atoms with E-state index in [1.165, 1.54) is 12.1 Å². The summed E-state index contributed by atoms with van der Waals surface area (Å²) in [7, 11) is 0. The molecule has 0 aliphatic carbocycles. The van der Waals surface area contributed by atoms with E-state index < -0.39 is 11.6 Å². The third-order valence-electron chi connectivity index (χ3n) is 2.38. The third-order valence-corrected chi connectivity index (χ3v) is 3.03. The van der Waals surface area contributed by atoms with Crippen LogP contribution in [-0.2, 0) is 10.1 Å². The van der Waals surface area contributed by atoms with Gasteiger partial charge in [-0.1, -0.05) is 15.9 Å². The lowest BCUT2D eigenvalue weighted by atomic mass is 10.2. The minimum Gasteiger partial charge on any atom is -0.482 e. The van der Waals surface area contributed by atoms with Crippen molar-refractivity contribution in [2.45, 2.75) is 17.9 Å². The molecule has 0 amide bonds. The Morgan fingerprint density at radius 2 is 2.06 bits per heavy atom. The molecule has 1 heterocycles. The summed E-state index contributed by atoms with van der Waals surface area (Å²) in [4.78, 5) is 0. The van der Waals surface area contributed by atoms with Crippen LogP contribution in [0.2, 0.25) is 0 Å². The molecule has 88 valence electrons. The van der Waals surface area contributed by atoms with Crippen LogP contribution in [0.5, 0.6) is 5.75 Å². The van der Waals surface area contributed by atoms with E-state index in [9.17, 15) is 8.78 Å². The van der Waals surface area contributed by atoms with Crippen LogP contribution in [0.15, 0.2) is 12.1 Å². The van der Waals surface area contributed by atoms with Crippen LogP contribution in [0.3, 0.4) is 0 Å². The standard InChI is InChI=1S/C11H11BrF2O2/c12-5-7-3-9(13)11(10(14)4-7)16-8-1-2-15-6-8/h3-4,8H,1-2,5-6H2. The smallest absolute Gasteiger partial charge is 0.191 e. The van der Waals surface area contributed by atoms with Gasteiger partial charge < -0.3 is 9.47 Å². The molecule has 0 aromatic heterocycles. The fraction of sp³-hybridized carbons (Fsp3) is 0.455. The highest BCUT2D eigenvalue weighted by Crippen LogP contribution is 2.26. The van der Waals surface area contributed by atoms with E-state index in [2.05, 4.69) is 15.9 Å². The number of rotatable bonds is 3. The fourth-order valence-electron chi connectivity index (χ4n) is 1.57. The number of ether oxygens (including phenoxy) is 2. The van der Waals surface area contributed by atoms with E-state index in [1.54, 1.807) is 0 Å². The molecule has 1 aromatic carbocycles. The second kappa shape index (κ2) is 5.10. The van der Waals surface area contributed by atoms with E-state index in [4.69, 9.17) is 9.47 Å². The Morgan fingerprint density at radius 3 is 2.56 bits per heavy atom. The van der Waals surface area contributed by atoms with Crippen molar-refractivity contribution in [1.82, 2.24) is 0 Å². The van der Waals surface area contributed by atoms with E-state index in [1.807, 2.05) is 0 Å². The average Bonchev–Trinajstić information content (AvgIpc) is 2.75. The topological polar surface area (TPSA) is 18.5 Å². The summed E-state index contributed by atoms with van der Waals surface area (Å²) < 4.78 is 37.4. The normalized spacial score (nSPS) is 20.1. The minimum absolute atomic E-state index is 0.251. The summed E-state index contributed by atoms with van der Waals surface area (Å²) in [5, 5.41) is 0.410. The van der Waals surface area contributed by atoms with Crippen LogP contribution in [-0.4, -0.2) is 19.3 Å². The molecule has 0 bridgehead atoms. The predicted molar refractivity (Wildman–Crippen MR) is 58.8 cm³/mol. The van der Waals surface area contributed by atoms with Gasteiger partial charge in [-0.3, -0.25) is 0 Å². The zero-order chi connectivity index (χ0) is 11.5. The van der Waals surface area contributed by atoms with Gasteiger partial charge in [-0.05, 0) is 17.7 Å². The van der Waals surface area contributed by atoms with Crippen LogP contribution in [0.4, 0.5) is 8.78 Å². The van der Waals surface area contributed by atoms with Crippen molar-refractivity contribution in [2.75, 3.05) is 13.2 Å². The van der Waals surface area contributed by atoms with Crippen molar-refractivity contribution in [3.05, 3.63) is 29.3 Å². The van der Waals surface area contributed by atoms with E-state index in [0.717, 1.165) is 0 Å². The molecule has 1 aliphatic heterocycles.